The smallest absolute Gasteiger partial charge is 0.00673 e. The van der Waals surface area contributed by atoms with E-state index < -0.39 is 0 Å². The lowest BCUT2D eigenvalue weighted by atomic mass is 9.81. The van der Waals surface area contributed by atoms with Crippen LogP contribution in [0.2, 0.25) is 0 Å². The highest BCUT2D eigenvalue weighted by atomic mass is 14.9. The first-order valence-corrected chi connectivity index (χ1v) is 8.01. The molecule has 2 aliphatic carbocycles. The van der Waals surface area contributed by atoms with Crippen molar-refractivity contribution >= 4 is 0 Å². The maximum atomic E-state index is 3.86. The molecular weight excluding hydrogens is 206 g/mol. The molecule has 0 heterocycles. The predicted molar refractivity (Wildman–Crippen MR) is 75.2 cm³/mol. The van der Waals surface area contributed by atoms with Crippen molar-refractivity contribution < 1.29 is 0 Å². The lowest BCUT2D eigenvalue weighted by molar-refractivity contribution is 0.239. The zero-order valence-electron chi connectivity index (χ0n) is 11.9. The van der Waals surface area contributed by atoms with E-state index in [4.69, 9.17) is 0 Å². The van der Waals surface area contributed by atoms with Gasteiger partial charge in [-0.15, -0.1) is 0 Å². The average Bonchev–Trinajstić information content (AvgIpc) is 2.37. The van der Waals surface area contributed by atoms with Gasteiger partial charge < -0.3 is 5.32 Å². The lowest BCUT2D eigenvalue weighted by Crippen LogP contribution is -2.37. The van der Waals surface area contributed by atoms with E-state index in [1.807, 2.05) is 0 Å². The van der Waals surface area contributed by atoms with E-state index in [-0.39, 0.29) is 0 Å². The van der Waals surface area contributed by atoms with Crippen molar-refractivity contribution in [1.29, 1.82) is 0 Å². The van der Waals surface area contributed by atoms with Gasteiger partial charge in [-0.3, -0.25) is 0 Å². The van der Waals surface area contributed by atoms with Crippen LogP contribution < -0.4 is 5.32 Å². The maximum Gasteiger partial charge on any atom is 0.00673 e. The first-order valence-electron chi connectivity index (χ1n) is 8.01. The summed E-state index contributed by atoms with van der Waals surface area (Å²) >= 11 is 0. The fourth-order valence-corrected chi connectivity index (χ4v) is 3.85. The van der Waals surface area contributed by atoms with Gasteiger partial charge in [0, 0.05) is 6.04 Å². The van der Waals surface area contributed by atoms with Gasteiger partial charge in [0.15, 0.2) is 0 Å². The van der Waals surface area contributed by atoms with Crippen molar-refractivity contribution in [1.82, 2.24) is 5.32 Å². The Bertz CT molecular complexity index is 206. The van der Waals surface area contributed by atoms with Crippen LogP contribution in [-0.2, 0) is 0 Å². The van der Waals surface area contributed by atoms with Crippen LogP contribution in [0.15, 0.2) is 0 Å². The Labute approximate surface area is 108 Å². The molecule has 0 saturated heterocycles. The Morgan fingerprint density at radius 1 is 0.941 bits per heavy atom. The van der Waals surface area contributed by atoms with Crippen LogP contribution in [-0.4, -0.2) is 12.6 Å². The minimum Gasteiger partial charge on any atom is -0.314 e. The van der Waals surface area contributed by atoms with Gasteiger partial charge in [0.2, 0.25) is 0 Å². The number of rotatable bonds is 4. The average molecular weight is 237 g/mol. The van der Waals surface area contributed by atoms with Crippen molar-refractivity contribution in [3.05, 3.63) is 0 Å². The SMILES string of the molecule is CCC1CCC(NCC2CCCC(C)C2)CC1. The Hall–Kier alpha value is -0.0400. The largest absolute Gasteiger partial charge is 0.314 e. The topological polar surface area (TPSA) is 12.0 Å². The quantitative estimate of drug-likeness (QED) is 0.765. The van der Waals surface area contributed by atoms with Gasteiger partial charge in [-0.25, -0.2) is 0 Å². The minimum atomic E-state index is 0.843. The molecule has 0 aromatic heterocycles. The molecule has 2 aliphatic rings. The standard InChI is InChI=1S/C16H31N/c1-3-14-7-9-16(10-8-14)17-12-15-6-4-5-13(2)11-15/h13-17H,3-12H2,1-2H3. The lowest BCUT2D eigenvalue weighted by Gasteiger charge is -2.32. The molecule has 0 radical (unpaired) electrons. The normalized spacial score (nSPS) is 39.2. The summed E-state index contributed by atoms with van der Waals surface area (Å²) in [5, 5.41) is 3.86. The van der Waals surface area contributed by atoms with Crippen molar-refractivity contribution in [2.45, 2.75) is 77.7 Å². The first-order chi connectivity index (χ1) is 8.28. The number of hydrogen-bond acceptors (Lipinski definition) is 1. The molecule has 0 aliphatic heterocycles. The summed E-state index contributed by atoms with van der Waals surface area (Å²) < 4.78 is 0. The van der Waals surface area contributed by atoms with Gasteiger partial charge in [0.1, 0.15) is 0 Å². The molecule has 1 N–H and O–H groups in total. The summed E-state index contributed by atoms with van der Waals surface area (Å²) in [6, 6.07) is 0.843. The van der Waals surface area contributed by atoms with Gasteiger partial charge in [-0.05, 0) is 62.8 Å². The molecule has 17 heavy (non-hydrogen) atoms. The van der Waals surface area contributed by atoms with Crippen LogP contribution in [0.3, 0.4) is 0 Å². The van der Waals surface area contributed by atoms with Gasteiger partial charge in [-0.2, -0.15) is 0 Å². The molecule has 2 rings (SSSR count). The van der Waals surface area contributed by atoms with Crippen LogP contribution >= 0.6 is 0 Å². The molecule has 100 valence electrons. The zero-order chi connectivity index (χ0) is 12.1. The fraction of sp³-hybridized carbons (Fsp3) is 1.00. The third-order valence-electron chi connectivity index (χ3n) is 5.16. The zero-order valence-corrected chi connectivity index (χ0v) is 11.9. The number of nitrogens with one attached hydrogen (secondary N) is 1. The second-order valence-electron chi connectivity index (χ2n) is 6.67. The van der Waals surface area contributed by atoms with Crippen LogP contribution in [0.5, 0.6) is 0 Å². The van der Waals surface area contributed by atoms with E-state index in [2.05, 4.69) is 19.2 Å². The fourth-order valence-electron chi connectivity index (χ4n) is 3.85. The third kappa shape index (κ3) is 4.28. The first kappa shape index (κ1) is 13.4. The highest BCUT2D eigenvalue weighted by molar-refractivity contribution is 4.79. The summed E-state index contributed by atoms with van der Waals surface area (Å²) in [5.41, 5.74) is 0. The second-order valence-corrected chi connectivity index (χ2v) is 6.67. The summed E-state index contributed by atoms with van der Waals surface area (Å²) in [7, 11) is 0. The van der Waals surface area contributed by atoms with E-state index in [0.29, 0.717) is 0 Å². The Morgan fingerprint density at radius 3 is 2.35 bits per heavy atom. The van der Waals surface area contributed by atoms with Crippen molar-refractivity contribution in [3.8, 4) is 0 Å². The highest BCUT2D eigenvalue weighted by Gasteiger charge is 2.22. The molecular formula is C16H31N. The highest BCUT2D eigenvalue weighted by Crippen LogP contribution is 2.29. The monoisotopic (exact) mass is 237 g/mol. The van der Waals surface area contributed by atoms with Crippen LogP contribution in [0.1, 0.15) is 71.6 Å². The Balaban J connectivity index is 1.62. The summed E-state index contributed by atoms with van der Waals surface area (Å²) in [6.07, 6.45) is 13.1. The van der Waals surface area contributed by atoms with Crippen LogP contribution in [0, 0.1) is 17.8 Å². The van der Waals surface area contributed by atoms with Gasteiger partial charge in [0.05, 0.1) is 0 Å². The molecule has 0 amide bonds. The molecule has 2 unspecified atom stereocenters. The van der Waals surface area contributed by atoms with E-state index in [9.17, 15) is 0 Å². The predicted octanol–water partition coefficient (Wildman–Crippen LogP) is 4.37. The van der Waals surface area contributed by atoms with Crippen molar-refractivity contribution in [3.63, 3.8) is 0 Å². The second kappa shape index (κ2) is 6.78. The molecule has 1 heteroatoms. The molecule has 2 atom stereocenters. The van der Waals surface area contributed by atoms with Gasteiger partial charge >= 0.3 is 0 Å². The molecule has 0 aromatic carbocycles. The van der Waals surface area contributed by atoms with Crippen molar-refractivity contribution in [2.75, 3.05) is 6.54 Å². The van der Waals surface area contributed by atoms with E-state index in [1.54, 1.807) is 0 Å². The van der Waals surface area contributed by atoms with E-state index in [1.165, 1.54) is 64.3 Å². The maximum absolute atomic E-state index is 3.86. The van der Waals surface area contributed by atoms with Gasteiger partial charge in [0.25, 0.3) is 0 Å². The summed E-state index contributed by atoms with van der Waals surface area (Å²) in [5.74, 6) is 2.98. The van der Waals surface area contributed by atoms with Crippen molar-refractivity contribution in [2.24, 2.45) is 17.8 Å². The molecule has 0 aromatic rings. The van der Waals surface area contributed by atoms with Crippen LogP contribution in [0.25, 0.3) is 0 Å². The summed E-state index contributed by atoms with van der Waals surface area (Å²) in [6.45, 7) is 6.08. The molecule has 0 spiro atoms. The molecule has 2 saturated carbocycles. The third-order valence-corrected chi connectivity index (χ3v) is 5.16. The Kier molecular flexibility index (Phi) is 5.34. The number of hydrogen-bond donors (Lipinski definition) is 1. The van der Waals surface area contributed by atoms with E-state index >= 15 is 0 Å². The van der Waals surface area contributed by atoms with Gasteiger partial charge in [-0.1, -0.05) is 33.1 Å². The Morgan fingerprint density at radius 2 is 1.71 bits per heavy atom. The minimum absolute atomic E-state index is 0.843. The molecule has 2 fully saturated rings. The van der Waals surface area contributed by atoms with E-state index in [0.717, 1.165) is 23.8 Å². The summed E-state index contributed by atoms with van der Waals surface area (Å²) in [4.78, 5) is 0. The van der Waals surface area contributed by atoms with Crippen LogP contribution in [0.4, 0.5) is 0 Å². The molecule has 0 bridgehead atoms. The molecule has 1 nitrogen and oxygen atoms in total.